The summed E-state index contributed by atoms with van der Waals surface area (Å²) in [7, 11) is 0. The number of benzene rings is 2. The molecule has 0 aromatic heterocycles. The Balaban J connectivity index is 1.57. The Morgan fingerprint density at radius 2 is 1.77 bits per heavy atom. The number of aliphatic hydroxyl groups excluding tert-OH is 3. The van der Waals surface area contributed by atoms with Gasteiger partial charge in [0, 0.05) is 19.4 Å². The third kappa shape index (κ3) is 6.03. The molecule has 35 heavy (non-hydrogen) atoms. The molecule has 2 aromatic rings. The van der Waals surface area contributed by atoms with Gasteiger partial charge in [0.25, 0.3) is 0 Å². The Bertz CT molecular complexity index is 950. The number of aryl methyl sites for hydroxylation is 1. The number of hydrogen-bond acceptors (Lipinski definition) is 8. The van der Waals surface area contributed by atoms with Gasteiger partial charge in [-0.25, -0.2) is 0 Å². The Morgan fingerprint density at radius 3 is 2.43 bits per heavy atom. The first-order valence-electron chi connectivity index (χ1n) is 12.3. The van der Waals surface area contributed by atoms with Crippen LogP contribution in [0.3, 0.4) is 0 Å². The minimum absolute atomic E-state index is 0.220. The molecule has 2 aliphatic rings. The van der Waals surface area contributed by atoms with Gasteiger partial charge in [-0.2, -0.15) is 0 Å². The fourth-order valence-corrected chi connectivity index (χ4v) is 4.44. The summed E-state index contributed by atoms with van der Waals surface area (Å²) in [5.74, 6) is 0.465. The van der Waals surface area contributed by atoms with Crippen molar-refractivity contribution < 1.29 is 39.4 Å². The molecule has 0 aliphatic carbocycles. The topological polar surface area (TPSA) is 118 Å². The summed E-state index contributed by atoms with van der Waals surface area (Å²) in [5.41, 5.74) is 2.24. The van der Waals surface area contributed by atoms with Crippen LogP contribution in [0, 0.1) is 0 Å². The first-order valence-corrected chi connectivity index (χ1v) is 12.3. The van der Waals surface area contributed by atoms with Gasteiger partial charge in [-0.15, -0.1) is 0 Å². The Kier molecular flexibility index (Phi) is 8.44. The third-order valence-electron chi connectivity index (χ3n) is 6.84. The van der Waals surface area contributed by atoms with Gasteiger partial charge < -0.3 is 39.4 Å². The molecular formula is C27H36O8. The minimum atomic E-state index is -1.82. The number of rotatable bonds is 9. The predicted octanol–water partition coefficient (Wildman–Crippen LogP) is 2.06. The van der Waals surface area contributed by atoms with Gasteiger partial charge in [-0.1, -0.05) is 43.3 Å². The Morgan fingerprint density at radius 1 is 1.06 bits per heavy atom. The van der Waals surface area contributed by atoms with Crippen molar-refractivity contribution in [1.29, 1.82) is 0 Å². The van der Waals surface area contributed by atoms with Crippen LogP contribution in [0.1, 0.15) is 48.9 Å². The zero-order valence-corrected chi connectivity index (χ0v) is 20.3. The van der Waals surface area contributed by atoms with E-state index in [9.17, 15) is 20.4 Å². The van der Waals surface area contributed by atoms with Gasteiger partial charge in [0.1, 0.15) is 29.7 Å². The minimum Gasteiger partial charge on any atom is -0.462 e. The highest BCUT2D eigenvalue weighted by molar-refractivity contribution is 5.41. The lowest BCUT2D eigenvalue weighted by Crippen LogP contribution is -2.66. The van der Waals surface area contributed by atoms with Crippen LogP contribution in [0.4, 0.5) is 0 Å². The first-order chi connectivity index (χ1) is 16.8. The highest BCUT2D eigenvalue weighted by Crippen LogP contribution is 2.33. The zero-order valence-electron chi connectivity index (χ0n) is 20.3. The summed E-state index contributed by atoms with van der Waals surface area (Å²) >= 11 is 0. The zero-order chi connectivity index (χ0) is 25.0. The third-order valence-corrected chi connectivity index (χ3v) is 6.84. The van der Waals surface area contributed by atoms with E-state index >= 15 is 0 Å². The lowest BCUT2D eigenvalue weighted by atomic mass is 9.86. The molecule has 0 bridgehead atoms. The van der Waals surface area contributed by atoms with E-state index in [4.69, 9.17) is 18.9 Å². The summed E-state index contributed by atoms with van der Waals surface area (Å²) in [6, 6.07) is 14.1. The molecule has 2 fully saturated rings. The van der Waals surface area contributed by atoms with E-state index in [2.05, 4.69) is 31.2 Å². The van der Waals surface area contributed by atoms with E-state index in [1.165, 1.54) is 12.5 Å². The molecule has 0 saturated carbocycles. The van der Waals surface area contributed by atoms with Gasteiger partial charge in [-0.3, -0.25) is 0 Å². The molecule has 0 radical (unpaired) electrons. The molecule has 2 heterocycles. The van der Waals surface area contributed by atoms with E-state index in [0.717, 1.165) is 36.0 Å². The lowest BCUT2D eigenvalue weighted by molar-refractivity contribution is -0.308. The monoisotopic (exact) mass is 488 g/mol. The van der Waals surface area contributed by atoms with E-state index in [-0.39, 0.29) is 6.29 Å². The van der Waals surface area contributed by atoms with Gasteiger partial charge in [0.15, 0.2) is 6.29 Å². The molecule has 0 spiro atoms. The van der Waals surface area contributed by atoms with Gasteiger partial charge in [0.05, 0.1) is 13.2 Å². The van der Waals surface area contributed by atoms with Crippen molar-refractivity contribution in [2.45, 2.75) is 82.6 Å². The molecule has 8 nitrogen and oxygen atoms in total. The molecule has 0 amide bonds. The van der Waals surface area contributed by atoms with Crippen molar-refractivity contribution in [3.8, 4) is 5.75 Å². The second-order valence-electron chi connectivity index (χ2n) is 9.50. The maximum Gasteiger partial charge on any atom is 0.229 e. The van der Waals surface area contributed by atoms with E-state index in [1.54, 1.807) is 0 Å². The van der Waals surface area contributed by atoms with Crippen molar-refractivity contribution >= 4 is 0 Å². The molecule has 8 heteroatoms. The summed E-state index contributed by atoms with van der Waals surface area (Å²) in [4.78, 5) is 0. The average Bonchev–Trinajstić information content (AvgIpc) is 3.39. The molecule has 2 aromatic carbocycles. The molecular weight excluding hydrogens is 452 g/mol. The first kappa shape index (κ1) is 26.0. The molecule has 2 saturated heterocycles. The van der Waals surface area contributed by atoms with Crippen LogP contribution < -0.4 is 4.74 Å². The summed E-state index contributed by atoms with van der Waals surface area (Å²) in [6.07, 6.45) is -2.32. The molecule has 4 rings (SSSR count). The second kappa shape index (κ2) is 11.3. The SMILES string of the molecule is CCc1ccc(Cc2ccc(COC3CCCO3)cc2O[C@H]2O[C@H](CO)[C@@](C)(O)[C@H](O)[C@H]2O)cc1. The van der Waals surface area contributed by atoms with E-state index in [0.29, 0.717) is 25.4 Å². The summed E-state index contributed by atoms with van der Waals surface area (Å²) in [6.45, 7) is 3.91. The standard InChI is InChI=1S/C27H36O8/c1-3-17-6-8-18(9-7-17)13-20-11-10-19(16-33-23-5-4-12-32-23)14-21(20)34-26-24(29)25(30)27(2,31)22(15-28)35-26/h6-11,14,22-26,28-31H,3-5,12-13,15-16H2,1-2H3/t22-,23?,24-,25-,26+,27-/m1/s1. The Hall–Kier alpha value is -2.04. The molecule has 6 atom stereocenters. The van der Waals surface area contributed by atoms with Crippen LogP contribution in [-0.2, 0) is 33.7 Å². The van der Waals surface area contributed by atoms with Crippen molar-refractivity contribution in [2.75, 3.05) is 13.2 Å². The van der Waals surface area contributed by atoms with Crippen LogP contribution in [0.15, 0.2) is 42.5 Å². The van der Waals surface area contributed by atoms with Crippen molar-refractivity contribution in [2.24, 2.45) is 0 Å². The average molecular weight is 489 g/mol. The number of ether oxygens (including phenoxy) is 4. The van der Waals surface area contributed by atoms with Crippen molar-refractivity contribution in [1.82, 2.24) is 0 Å². The van der Waals surface area contributed by atoms with Crippen LogP contribution in [0.5, 0.6) is 5.75 Å². The van der Waals surface area contributed by atoms with Crippen LogP contribution in [0.2, 0.25) is 0 Å². The smallest absolute Gasteiger partial charge is 0.229 e. The van der Waals surface area contributed by atoms with Gasteiger partial charge >= 0.3 is 0 Å². The quantitative estimate of drug-likeness (QED) is 0.424. The summed E-state index contributed by atoms with van der Waals surface area (Å²) in [5, 5.41) is 41.2. The fraction of sp³-hybridized carbons (Fsp3) is 0.556. The van der Waals surface area contributed by atoms with Crippen LogP contribution in [0.25, 0.3) is 0 Å². The van der Waals surface area contributed by atoms with Crippen molar-refractivity contribution in [3.63, 3.8) is 0 Å². The molecule has 2 aliphatic heterocycles. The highest BCUT2D eigenvalue weighted by atomic mass is 16.7. The molecule has 192 valence electrons. The predicted molar refractivity (Wildman–Crippen MR) is 128 cm³/mol. The normalized spacial score (nSPS) is 31.0. The van der Waals surface area contributed by atoms with E-state index in [1.807, 2.05) is 18.2 Å². The fourth-order valence-electron chi connectivity index (χ4n) is 4.44. The largest absolute Gasteiger partial charge is 0.462 e. The Labute approximate surface area is 206 Å². The summed E-state index contributed by atoms with van der Waals surface area (Å²) < 4.78 is 23.1. The maximum absolute atomic E-state index is 10.6. The van der Waals surface area contributed by atoms with Crippen molar-refractivity contribution in [3.05, 3.63) is 64.7 Å². The number of hydrogen-bond donors (Lipinski definition) is 4. The van der Waals surface area contributed by atoms with Gasteiger partial charge in [0.2, 0.25) is 6.29 Å². The molecule has 4 N–H and O–H groups in total. The van der Waals surface area contributed by atoms with Gasteiger partial charge in [-0.05, 0) is 48.1 Å². The van der Waals surface area contributed by atoms with Crippen LogP contribution >= 0.6 is 0 Å². The molecule has 1 unspecified atom stereocenters. The number of aliphatic hydroxyl groups is 4. The van der Waals surface area contributed by atoms with Crippen LogP contribution in [-0.4, -0.2) is 70.1 Å². The van der Waals surface area contributed by atoms with E-state index < -0.39 is 36.8 Å². The lowest BCUT2D eigenvalue weighted by Gasteiger charge is -2.45. The maximum atomic E-state index is 10.6. The highest BCUT2D eigenvalue weighted by Gasteiger charge is 2.52. The second-order valence-corrected chi connectivity index (χ2v) is 9.50.